The first-order chi connectivity index (χ1) is 11.7. The summed E-state index contributed by atoms with van der Waals surface area (Å²) in [6.07, 6.45) is 7.16. The summed E-state index contributed by atoms with van der Waals surface area (Å²) in [5.74, 6) is 0.965. The molecule has 0 aliphatic carbocycles. The standard InChI is InChI=1S/C19H22BrN3O/c20-17-8-4-3-7-15(17)13-19(24)22-16-9-10-18(21-14-16)23-11-5-1-2-6-12-23/h3-4,7-10,14H,1-2,5-6,11-13H2,(H,22,24). The predicted octanol–water partition coefficient (Wildman–Crippen LogP) is 4.41. The van der Waals surface area contributed by atoms with Crippen LogP contribution in [0.15, 0.2) is 47.1 Å². The highest BCUT2D eigenvalue weighted by atomic mass is 79.9. The van der Waals surface area contributed by atoms with Crippen LogP contribution in [-0.2, 0) is 11.2 Å². The second-order valence-corrected chi connectivity index (χ2v) is 6.98. The van der Waals surface area contributed by atoms with E-state index in [2.05, 4.69) is 31.1 Å². The number of carbonyl (C=O) groups is 1. The molecule has 0 atom stereocenters. The third-order valence-electron chi connectivity index (χ3n) is 4.27. The maximum Gasteiger partial charge on any atom is 0.228 e. The van der Waals surface area contributed by atoms with Crippen molar-refractivity contribution in [2.75, 3.05) is 23.3 Å². The molecule has 1 aromatic carbocycles. The summed E-state index contributed by atoms with van der Waals surface area (Å²) < 4.78 is 0.954. The van der Waals surface area contributed by atoms with Crippen molar-refractivity contribution in [3.8, 4) is 0 Å². The van der Waals surface area contributed by atoms with Gasteiger partial charge < -0.3 is 10.2 Å². The van der Waals surface area contributed by atoms with Crippen LogP contribution in [0.1, 0.15) is 31.2 Å². The van der Waals surface area contributed by atoms with Crippen LogP contribution >= 0.6 is 15.9 Å². The number of amides is 1. The van der Waals surface area contributed by atoms with Gasteiger partial charge in [-0.15, -0.1) is 0 Å². The number of aromatic nitrogens is 1. The van der Waals surface area contributed by atoms with Gasteiger partial charge in [0.2, 0.25) is 5.91 Å². The molecule has 4 nitrogen and oxygen atoms in total. The number of halogens is 1. The number of pyridine rings is 1. The zero-order valence-corrected chi connectivity index (χ0v) is 15.3. The fourth-order valence-electron chi connectivity index (χ4n) is 2.97. The number of hydrogen-bond donors (Lipinski definition) is 1. The van der Waals surface area contributed by atoms with Crippen molar-refractivity contribution < 1.29 is 4.79 Å². The van der Waals surface area contributed by atoms with Gasteiger partial charge in [0.05, 0.1) is 18.3 Å². The molecule has 0 unspecified atom stereocenters. The lowest BCUT2D eigenvalue weighted by Gasteiger charge is -2.21. The second kappa shape index (κ2) is 8.29. The Morgan fingerprint density at radius 3 is 2.50 bits per heavy atom. The van der Waals surface area contributed by atoms with Crippen molar-refractivity contribution in [3.63, 3.8) is 0 Å². The van der Waals surface area contributed by atoms with E-state index >= 15 is 0 Å². The van der Waals surface area contributed by atoms with Gasteiger partial charge >= 0.3 is 0 Å². The number of carbonyl (C=O) groups excluding carboxylic acids is 1. The van der Waals surface area contributed by atoms with Crippen LogP contribution in [-0.4, -0.2) is 24.0 Å². The van der Waals surface area contributed by atoms with E-state index < -0.39 is 0 Å². The zero-order chi connectivity index (χ0) is 16.8. The molecule has 1 aromatic heterocycles. The van der Waals surface area contributed by atoms with Gasteiger partial charge in [-0.3, -0.25) is 4.79 Å². The zero-order valence-electron chi connectivity index (χ0n) is 13.7. The summed E-state index contributed by atoms with van der Waals surface area (Å²) in [7, 11) is 0. The number of anilines is 2. The third kappa shape index (κ3) is 4.57. The van der Waals surface area contributed by atoms with E-state index in [0.717, 1.165) is 34.6 Å². The van der Waals surface area contributed by atoms with Crippen molar-refractivity contribution in [1.82, 2.24) is 4.98 Å². The van der Waals surface area contributed by atoms with Gasteiger partial charge in [-0.25, -0.2) is 4.98 Å². The van der Waals surface area contributed by atoms with Crippen LogP contribution in [0.3, 0.4) is 0 Å². The summed E-state index contributed by atoms with van der Waals surface area (Å²) in [6.45, 7) is 2.14. The number of benzene rings is 1. The summed E-state index contributed by atoms with van der Waals surface area (Å²) in [5.41, 5.74) is 1.72. The number of nitrogens with zero attached hydrogens (tertiary/aromatic N) is 2. The maximum atomic E-state index is 12.2. The first-order valence-corrected chi connectivity index (χ1v) is 9.26. The third-order valence-corrected chi connectivity index (χ3v) is 5.04. The Bertz CT molecular complexity index is 679. The number of nitrogens with one attached hydrogen (secondary N) is 1. The molecule has 3 rings (SSSR count). The minimum atomic E-state index is -0.0359. The average Bonchev–Trinajstić information content (AvgIpc) is 2.87. The first kappa shape index (κ1) is 17.0. The van der Waals surface area contributed by atoms with Gasteiger partial charge in [-0.2, -0.15) is 0 Å². The maximum absolute atomic E-state index is 12.2. The Kier molecular flexibility index (Phi) is 5.86. The monoisotopic (exact) mass is 387 g/mol. The van der Waals surface area contributed by atoms with E-state index in [0.29, 0.717) is 6.42 Å². The minimum absolute atomic E-state index is 0.0359. The van der Waals surface area contributed by atoms with E-state index in [9.17, 15) is 4.79 Å². The van der Waals surface area contributed by atoms with Gasteiger partial charge in [0, 0.05) is 17.6 Å². The molecule has 5 heteroatoms. The molecule has 1 fully saturated rings. The number of hydrogen-bond acceptors (Lipinski definition) is 3. The lowest BCUT2D eigenvalue weighted by atomic mass is 10.1. The summed E-state index contributed by atoms with van der Waals surface area (Å²) in [5, 5.41) is 2.92. The summed E-state index contributed by atoms with van der Waals surface area (Å²) in [6, 6.07) is 11.7. The molecule has 0 radical (unpaired) electrons. The summed E-state index contributed by atoms with van der Waals surface area (Å²) in [4.78, 5) is 19.1. The minimum Gasteiger partial charge on any atom is -0.357 e. The molecular weight excluding hydrogens is 366 g/mol. The van der Waals surface area contributed by atoms with Crippen LogP contribution < -0.4 is 10.2 Å². The molecular formula is C19H22BrN3O. The first-order valence-electron chi connectivity index (χ1n) is 8.46. The molecule has 1 aliphatic heterocycles. The highest BCUT2D eigenvalue weighted by molar-refractivity contribution is 9.10. The van der Waals surface area contributed by atoms with Crippen LogP contribution in [0.4, 0.5) is 11.5 Å². The van der Waals surface area contributed by atoms with Crippen molar-refractivity contribution >= 4 is 33.3 Å². The van der Waals surface area contributed by atoms with Gasteiger partial charge in [0.25, 0.3) is 0 Å². The molecule has 24 heavy (non-hydrogen) atoms. The van der Waals surface area contributed by atoms with E-state index in [4.69, 9.17) is 0 Å². The molecule has 1 aliphatic rings. The van der Waals surface area contributed by atoms with Gasteiger partial charge in [-0.05, 0) is 36.6 Å². The van der Waals surface area contributed by atoms with Crippen molar-refractivity contribution in [3.05, 3.63) is 52.6 Å². The van der Waals surface area contributed by atoms with Crippen LogP contribution in [0.2, 0.25) is 0 Å². The van der Waals surface area contributed by atoms with Crippen molar-refractivity contribution in [2.24, 2.45) is 0 Å². The Morgan fingerprint density at radius 2 is 1.83 bits per heavy atom. The normalized spacial score (nSPS) is 15.0. The molecule has 1 amide bonds. The number of rotatable bonds is 4. The molecule has 2 aromatic rings. The Morgan fingerprint density at radius 1 is 1.08 bits per heavy atom. The Labute approximate surface area is 151 Å². The molecule has 0 saturated carbocycles. The van der Waals surface area contributed by atoms with E-state index in [1.807, 2.05) is 36.4 Å². The Balaban J connectivity index is 1.59. The fourth-order valence-corrected chi connectivity index (χ4v) is 3.39. The second-order valence-electron chi connectivity index (χ2n) is 6.12. The van der Waals surface area contributed by atoms with Crippen LogP contribution in [0.25, 0.3) is 0 Å². The topological polar surface area (TPSA) is 45.2 Å². The molecule has 126 valence electrons. The largest absolute Gasteiger partial charge is 0.357 e. The molecule has 0 bridgehead atoms. The average molecular weight is 388 g/mol. The predicted molar refractivity (Wildman–Crippen MR) is 101 cm³/mol. The van der Waals surface area contributed by atoms with Crippen molar-refractivity contribution in [1.29, 1.82) is 0 Å². The molecule has 1 saturated heterocycles. The van der Waals surface area contributed by atoms with E-state index in [-0.39, 0.29) is 5.91 Å². The molecule has 0 spiro atoms. The Hall–Kier alpha value is -1.88. The van der Waals surface area contributed by atoms with Gasteiger partial charge in [-0.1, -0.05) is 47.0 Å². The highest BCUT2D eigenvalue weighted by Crippen LogP contribution is 2.20. The van der Waals surface area contributed by atoms with Gasteiger partial charge in [0.15, 0.2) is 0 Å². The van der Waals surface area contributed by atoms with Crippen molar-refractivity contribution in [2.45, 2.75) is 32.1 Å². The smallest absolute Gasteiger partial charge is 0.228 e. The fraction of sp³-hybridized carbons (Fsp3) is 0.368. The van der Waals surface area contributed by atoms with Crippen LogP contribution in [0, 0.1) is 0 Å². The lowest BCUT2D eigenvalue weighted by Crippen LogP contribution is -2.24. The summed E-state index contributed by atoms with van der Waals surface area (Å²) >= 11 is 3.47. The van der Waals surface area contributed by atoms with Crippen LogP contribution in [0.5, 0.6) is 0 Å². The lowest BCUT2D eigenvalue weighted by molar-refractivity contribution is -0.115. The van der Waals surface area contributed by atoms with E-state index in [1.165, 1.54) is 25.7 Å². The molecule has 2 heterocycles. The quantitative estimate of drug-likeness (QED) is 0.844. The highest BCUT2D eigenvalue weighted by Gasteiger charge is 2.11. The van der Waals surface area contributed by atoms with E-state index in [1.54, 1.807) is 6.20 Å². The molecule has 1 N–H and O–H groups in total. The SMILES string of the molecule is O=C(Cc1ccccc1Br)Nc1ccc(N2CCCCCC2)nc1. The van der Waals surface area contributed by atoms with Gasteiger partial charge in [0.1, 0.15) is 5.82 Å².